The number of aliphatic hydroxyl groups is 1. The molecule has 21 heavy (non-hydrogen) atoms. The standard InChI is InChI=1S/C15H16FNO3S/c1-21-9-11-7-10(4-5-12(11)16)15(19)17-8-13(18)14-3-2-6-20-14/h2-7,13,18H,8-9H2,1H3,(H,17,19). The van der Waals surface area contributed by atoms with Crippen molar-refractivity contribution in [3.63, 3.8) is 0 Å². The molecule has 4 nitrogen and oxygen atoms in total. The Kier molecular flexibility index (Phi) is 5.41. The fourth-order valence-corrected chi connectivity index (χ4v) is 2.39. The SMILES string of the molecule is CSCc1cc(C(=O)NCC(O)c2ccco2)ccc1F. The number of thioether (sulfide) groups is 1. The summed E-state index contributed by atoms with van der Waals surface area (Å²) in [5.74, 6) is 0.207. The molecular formula is C15H16FNO3S. The summed E-state index contributed by atoms with van der Waals surface area (Å²) in [6.45, 7) is 0.0293. The number of aliphatic hydroxyl groups excluding tert-OH is 1. The van der Waals surface area contributed by atoms with Crippen molar-refractivity contribution in [2.24, 2.45) is 0 Å². The molecule has 0 bridgehead atoms. The maximum Gasteiger partial charge on any atom is 0.251 e. The van der Waals surface area contributed by atoms with Gasteiger partial charge in [-0.1, -0.05) is 0 Å². The number of amides is 1. The van der Waals surface area contributed by atoms with Gasteiger partial charge in [-0.15, -0.1) is 0 Å². The number of nitrogens with one attached hydrogen (secondary N) is 1. The molecule has 2 N–H and O–H groups in total. The molecule has 0 aliphatic carbocycles. The van der Waals surface area contributed by atoms with Crippen LogP contribution in [-0.4, -0.2) is 23.8 Å². The van der Waals surface area contributed by atoms with Gasteiger partial charge in [0.25, 0.3) is 5.91 Å². The highest BCUT2D eigenvalue weighted by Crippen LogP contribution is 2.16. The Bertz CT molecular complexity index is 601. The summed E-state index contributed by atoms with van der Waals surface area (Å²) in [6.07, 6.45) is 2.41. The van der Waals surface area contributed by atoms with E-state index in [-0.39, 0.29) is 18.3 Å². The van der Waals surface area contributed by atoms with Crippen LogP contribution in [0.25, 0.3) is 0 Å². The Morgan fingerprint density at radius 1 is 1.48 bits per heavy atom. The van der Waals surface area contributed by atoms with E-state index in [1.165, 1.54) is 36.2 Å². The lowest BCUT2D eigenvalue weighted by atomic mass is 10.1. The summed E-state index contributed by atoms with van der Waals surface area (Å²) < 4.78 is 18.6. The number of rotatable bonds is 6. The minimum atomic E-state index is -0.907. The molecule has 2 aromatic rings. The van der Waals surface area contributed by atoms with E-state index in [0.29, 0.717) is 22.6 Å². The Labute approximate surface area is 126 Å². The molecule has 0 saturated heterocycles. The van der Waals surface area contributed by atoms with Crippen LogP contribution in [0.15, 0.2) is 41.0 Å². The zero-order valence-electron chi connectivity index (χ0n) is 11.5. The predicted molar refractivity (Wildman–Crippen MR) is 79.6 cm³/mol. The summed E-state index contributed by atoms with van der Waals surface area (Å²) >= 11 is 1.48. The summed E-state index contributed by atoms with van der Waals surface area (Å²) in [7, 11) is 0. The molecule has 1 amide bonds. The number of hydrogen-bond acceptors (Lipinski definition) is 4. The Balaban J connectivity index is 1.98. The minimum Gasteiger partial charge on any atom is -0.467 e. The minimum absolute atomic E-state index is 0.0293. The number of carbonyl (C=O) groups excluding carboxylic acids is 1. The first-order chi connectivity index (χ1) is 10.1. The lowest BCUT2D eigenvalue weighted by molar-refractivity contribution is 0.0901. The van der Waals surface area contributed by atoms with Crippen LogP contribution in [0.4, 0.5) is 4.39 Å². The van der Waals surface area contributed by atoms with Crippen LogP contribution in [-0.2, 0) is 5.75 Å². The van der Waals surface area contributed by atoms with E-state index in [0.717, 1.165) is 0 Å². The molecule has 0 aliphatic rings. The topological polar surface area (TPSA) is 62.5 Å². The molecular weight excluding hydrogens is 293 g/mol. The van der Waals surface area contributed by atoms with Crippen LogP contribution in [0.3, 0.4) is 0 Å². The fraction of sp³-hybridized carbons (Fsp3) is 0.267. The Hall–Kier alpha value is -1.79. The van der Waals surface area contributed by atoms with Gasteiger partial charge in [0.2, 0.25) is 0 Å². The average molecular weight is 309 g/mol. The first-order valence-electron chi connectivity index (χ1n) is 6.39. The van der Waals surface area contributed by atoms with Crippen molar-refractivity contribution in [1.82, 2.24) is 5.32 Å². The first-order valence-corrected chi connectivity index (χ1v) is 7.78. The van der Waals surface area contributed by atoms with Crippen LogP contribution >= 0.6 is 11.8 Å². The highest BCUT2D eigenvalue weighted by Gasteiger charge is 2.14. The fourth-order valence-electron chi connectivity index (χ4n) is 1.85. The number of hydrogen-bond donors (Lipinski definition) is 2. The molecule has 1 unspecified atom stereocenters. The van der Waals surface area contributed by atoms with Gasteiger partial charge in [-0.05, 0) is 42.2 Å². The summed E-state index contributed by atoms with van der Waals surface area (Å²) in [4.78, 5) is 12.0. The van der Waals surface area contributed by atoms with Crippen LogP contribution in [0.2, 0.25) is 0 Å². The Morgan fingerprint density at radius 2 is 2.29 bits per heavy atom. The van der Waals surface area contributed by atoms with Crippen molar-refractivity contribution < 1.29 is 18.7 Å². The molecule has 6 heteroatoms. The molecule has 1 atom stereocenters. The molecule has 0 spiro atoms. The van der Waals surface area contributed by atoms with Crippen LogP contribution < -0.4 is 5.32 Å². The maximum atomic E-state index is 13.5. The van der Waals surface area contributed by atoms with Crippen LogP contribution in [0, 0.1) is 5.82 Å². The highest BCUT2D eigenvalue weighted by molar-refractivity contribution is 7.97. The van der Waals surface area contributed by atoms with E-state index in [2.05, 4.69) is 5.32 Å². The van der Waals surface area contributed by atoms with Crippen molar-refractivity contribution in [1.29, 1.82) is 0 Å². The van der Waals surface area contributed by atoms with Crippen molar-refractivity contribution in [2.75, 3.05) is 12.8 Å². The van der Waals surface area contributed by atoms with E-state index in [1.54, 1.807) is 12.1 Å². The highest BCUT2D eigenvalue weighted by atomic mass is 32.2. The summed E-state index contributed by atoms with van der Waals surface area (Å²) in [5.41, 5.74) is 0.855. The van der Waals surface area contributed by atoms with Gasteiger partial charge in [0.15, 0.2) is 0 Å². The molecule has 0 fully saturated rings. The van der Waals surface area contributed by atoms with Crippen molar-refractivity contribution in [3.05, 3.63) is 59.3 Å². The van der Waals surface area contributed by atoms with E-state index >= 15 is 0 Å². The molecule has 112 valence electrons. The third-order valence-corrected chi connectivity index (χ3v) is 3.54. The number of halogens is 1. The van der Waals surface area contributed by atoms with E-state index < -0.39 is 6.10 Å². The van der Waals surface area contributed by atoms with Crippen molar-refractivity contribution in [3.8, 4) is 0 Å². The van der Waals surface area contributed by atoms with Gasteiger partial charge in [0.1, 0.15) is 17.7 Å². The monoisotopic (exact) mass is 309 g/mol. The average Bonchev–Trinajstić information content (AvgIpc) is 3.01. The van der Waals surface area contributed by atoms with Gasteiger partial charge >= 0.3 is 0 Å². The van der Waals surface area contributed by atoms with Gasteiger partial charge < -0.3 is 14.8 Å². The Morgan fingerprint density at radius 3 is 2.95 bits per heavy atom. The number of benzene rings is 1. The normalized spacial score (nSPS) is 12.1. The van der Waals surface area contributed by atoms with E-state index in [4.69, 9.17) is 4.42 Å². The molecule has 0 saturated carbocycles. The third-order valence-electron chi connectivity index (χ3n) is 2.94. The van der Waals surface area contributed by atoms with Gasteiger partial charge in [-0.2, -0.15) is 11.8 Å². The van der Waals surface area contributed by atoms with Gasteiger partial charge in [0, 0.05) is 11.3 Å². The third kappa shape index (κ3) is 4.09. The lowest BCUT2D eigenvalue weighted by Crippen LogP contribution is -2.28. The second kappa shape index (κ2) is 7.28. The second-order valence-corrected chi connectivity index (χ2v) is 5.35. The molecule has 0 radical (unpaired) electrons. The van der Waals surface area contributed by atoms with Crippen LogP contribution in [0.1, 0.15) is 27.8 Å². The largest absolute Gasteiger partial charge is 0.467 e. The molecule has 1 aromatic heterocycles. The van der Waals surface area contributed by atoms with Crippen molar-refractivity contribution >= 4 is 17.7 Å². The lowest BCUT2D eigenvalue weighted by Gasteiger charge is -2.10. The first kappa shape index (κ1) is 15.6. The smallest absolute Gasteiger partial charge is 0.251 e. The maximum absolute atomic E-state index is 13.5. The number of carbonyl (C=O) groups is 1. The van der Waals surface area contributed by atoms with Gasteiger partial charge in [-0.25, -0.2) is 4.39 Å². The molecule has 0 aliphatic heterocycles. The van der Waals surface area contributed by atoms with Crippen LogP contribution in [0.5, 0.6) is 0 Å². The second-order valence-electron chi connectivity index (χ2n) is 4.48. The zero-order chi connectivity index (χ0) is 15.2. The molecule has 2 rings (SSSR count). The van der Waals surface area contributed by atoms with Gasteiger partial charge in [0.05, 0.1) is 12.8 Å². The summed E-state index contributed by atoms with van der Waals surface area (Å²) in [5, 5.41) is 12.4. The van der Waals surface area contributed by atoms with Crippen molar-refractivity contribution in [2.45, 2.75) is 11.9 Å². The zero-order valence-corrected chi connectivity index (χ0v) is 12.3. The number of furan rings is 1. The quantitative estimate of drug-likeness (QED) is 0.861. The summed E-state index contributed by atoms with van der Waals surface area (Å²) in [6, 6.07) is 7.53. The van der Waals surface area contributed by atoms with E-state index in [9.17, 15) is 14.3 Å². The molecule has 1 aromatic carbocycles. The van der Waals surface area contributed by atoms with E-state index in [1.807, 2.05) is 6.26 Å². The molecule has 1 heterocycles. The predicted octanol–water partition coefficient (Wildman–Crippen LogP) is 2.75. The van der Waals surface area contributed by atoms with Gasteiger partial charge in [-0.3, -0.25) is 4.79 Å².